The van der Waals surface area contributed by atoms with Crippen LogP contribution in [-0.4, -0.2) is 62.1 Å². The van der Waals surface area contributed by atoms with E-state index in [-0.39, 0.29) is 0 Å². The first-order chi connectivity index (χ1) is 7.83. The number of rotatable bonds is 1. The minimum atomic E-state index is -2.20. The Morgan fingerprint density at radius 3 is 1.89 bits per heavy atom. The highest BCUT2D eigenvalue weighted by atomic mass is 16.7. The van der Waals surface area contributed by atoms with E-state index in [2.05, 4.69) is 5.32 Å². The van der Waals surface area contributed by atoms with Crippen LogP contribution in [0.2, 0.25) is 0 Å². The van der Waals surface area contributed by atoms with E-state index in [0.29, 0.717) is 0 Å². The number of hydrogen-bond acceptors (Lipinski definition) is 6. The number of ether oxygens (including phenoxy) is 1. The summed E-state index contributed by atoms with van der Waals surface area (Å²) in [6.07, 6.45) is -1.52. The van der Waals surface area contributed by atoms with Gasteiger partial charge >= 0.3 is 0 Å². The molecule has 7 heteroatoms. The van der Waals surface area contributed by atoms with Gasteiger partial charge in [0.1, 0.15) is 16.8 Å². The Hall–Kier alpha value is -0.730. The fraction of sp³-hybridized carbons (Fsp3) is 0.909. The maximum absolute atomic E-state index is 11.7. The summed E-state index contributed by atoms with van der Waals surface area (Å²) in [6, 6.07) is 0. The Labute approximate surface area is 105 Å². The van der Waals surface area contributed by atoms with Crippen molar-refractivity contribution in [3.8, 4) is 0 Å². The number of amides is 1. The second kappa shape index (κ2) is 3.88. The number of carbonyl (C=O) groups is 1. The van der Waals surface area contributed by atoms with Crippen LogP contribution in [0.25, 0.3) is 0 Å². The van der Waals surface area contributed by atoms with Crippen LogP contribution >= 0.6 is 0 Å². The fourth-order valence-electron chi connectivity index (χ4n) is 2.10. The molecule has 0 radical (unpaired) electrons. The lowest BCUT2D eigenvalue weighted by Crippen LogP contribution is -2.81. The molecule has 0 spiro atoms. The molecule has 106 valence electrons. The van der Waals surface area contributed by atoms with Gasteiger partial charge in [-0.05, 0) is 27.7 Å². The molecule has 0 aromatic heterocycles. The third-order valence-corrected chi connectivity index (χ3v) is 4.18. The maximum Gasteiger partial charge on any atom is 0.252 e. The highest BCUT2D eigenvalue weighted by Gasteiger charge is 2.71. The third-order valence-electron chi connectivity index (χ3n) is 4.18. The number of likely N-dealkylation sites (N-methyl/N-ethyl adjacent to an activating group) is 1. The van der Waals surface area contributed by atoms with E-state index in [9.17, 15) is 25.2 Å². The molecule has 5 N–H and O–H groups in total. The molecular weight excluding hydrogens is 242 g/mol. The van der Waals surface area contributed by atoms with Crippen LogP contribution in [0.3, 0.4) is 0 Å². The Morgan fingerprint density at radius 2 is 1.50 bits per heavy atom. The molecule has 0 aromatic rings. The number of aliphatic hydroxyl groups is 4. The van der Waals surface area contributed by atoms with Gasteiger partial charge in [-0.3, -0.25) is 4.79 Å². The average molecular weight is 263 g/mol. The van der Waals surface area contributed by atoms with Crippen molar-refractivity contribution < 1.29 is 30.0 Å². The van der Waals surface area contributed by atoms with Crippen molar-refractivity contribution in [2.24, 2.45) is 0 Å². The van der Waals surface area contributed by atoms with Gasteiger partial charge in [-0.1, -0.05) is 0 Å². The van der Waals surface area contributed by atoms with E-state index >= 15 is 0 Å². The number of hydrogen-bond donors (Lipinski definition) is 5. The molecule has 1 fully saturated rings. The van der Waals surface area contributed by atoms with Gasteiger partial charge in [0, 0.05) is 7.05 Å². The smallest absolute Gasteiger partial charge is 0.252 e. The molecular formula is C11H21NO6. The first kappa shape index (κ1) is 15.3. The van der Waals surface area contributed by atoms with Crippen LogP contribution in [0.1, 0.15) is 27.7 Å². The minimum Gasteiger partial charge on any atom is -0.384 e. The zero-order chi connectivity index (χ0) is 14.6. The van der Waals surface area contributed by atoms with Crippen LogP contribution < -0.4 is 5.32 Å². The molecule has 18 heavy (non-hydrogen) atoms. The summed E-state index contributed by atoms with van der Waals surface area (Å²) in [7, 11) is 1.33. The monoisotopic (exact) mass is 263 g/mol. The molecule has 7 nitrogen and oxygen atoms in total. The summed E-state index contributed by atoms with van der Waals surface area (Å²) in [5.41, 5.74) is -6.42. The van der Waals surface area contributed by atoms with Crippen LogP contribution in [0.4, 0.5) is 0 Å². The highest BCUT2D eigenvalue weighted by Crippen LogP contribution is 2.47. The standard InChI is InChI=1S/C11H21NO6/c1-8(14)6(7(13)12-5)18-11(4,17)10(3,16)9(8,2)15/h6,14-17H,1-5H3,(H,12,13). The van der Waals surface area contributed by atoms with Gasteiger partial charge in [0.15, 0.2) is 11.9 Å². The molecule has 0 aromatic carbocycles. The molecule has 0 saturated carbocycles. The minimum absolute atomic E-state index is 0.712. The van der Waals surface area contributed by atoms with Crippen molar-refractivity contribution in [2.75, 3.05) is 7.05 Å². The van der Waals surface area contributed by atoms with Crippen molar-refractivity contribution >= 4 is 5.91 Å². The summed E-state index contributed by atoms with van der Waals surface area (Å²) in [4.78, 5) is 11.7. The van der Waals surface area contributed by atoms with Gasteiger partial charge in [0.05, 0.1) is 0 Å². The van der Waals surface area contributed by atoms with Gasteiger partial charge < -0.3 is 30.5 Å². The Morgan fingerprint density at radius 1 is 1.06 bits per heavy atom. The second-order valence-electron chi connectivity index (χ2n) is 5.39. The van der Waals surface area contributed by atoms with E-state index in [1.807, 2.05) is 0 Å². The second-order valence-corrected chi connectivity index (χ2v) is 5.39. The number of nitrogens with one attached hydrogen (secondary N) is 1. The van der Waals surface area contributed by atoms with Crippen molar-refractivity contribution in [2.45, 2.75) is 56.4 Å². The lowest BCUT2D eigenvalue weighted by Gasteiger charge is -2.59. The van der Waals surface area contributed by atoms with Crippen molar-refractivity contribution in [3.05, 3.63) is 0 Å². The van der Waals surface area contributed by atoms with Gasteiger partial charge in [0.25, 0.3) is 5.91 Å². The lowest BCUT2D eigenvalue weighted by atomic mass is 9.65. The lowest BCUT2D eigenvalue weighted by molar-refractivity contribution is -0.414. The van der Waals surface area contributed by atoms with Gasteiger partial charge in [-0.25, -0.2) is 0 Å². The molecule has 1 rings (SSSR count). The maximum atomic E-state index is 11.7. The molecule has 5 atom stereocenters. The van der Waals surface area contributed by atoms with Gasteiger partial charge in [-0.2, -0.15) is 0 Å². The summed E-state index contributed by atoms with van der Waals surface area (Å²) >= 11 is 0. The zero-order valence-corrected chi connectivity index (χ0v) is 11.2. The van der Waals surface area contributed by atoms with Crippen molar-refractivity contribution in [1.82, 2.24) is 5.32 Å². The van der Waals surface area contributed by atoms with E-state index in [0.717, 1.165) is 27.7 Å². The summed E-state index contributed by atoms with van der Waals surface area (Å²) in [5, 5.41) is 43.2. The predicted octanol–water partition coefficient (Wildman–Crippen LogP) is -1.91. The Balaban J connectivity index is 3.37. The SMILES string of the molecule is CNC(=O)C1OC(C)(O)C(C)(O)C(C)(O)C1(C)O. The van der Waals surface area contributed by atoms with Crippen LogP contribution in [0, 0.1) is 0 Å². The number of carbonyl (C=O) groups excluding carboxylic acids is 1. The molecule has 1 saturated heterocycles. The van der Waals surface area contributed by atoms with E-state index in [1.165, 1.54) is 7.05 Å². The molecule has 1 amide bonds. The summed E-state index contributed by atoms with van der Waals surface area (Å²) in [6.45, 7) is 4.55. The van der Waals surface area contributed by atoms with Crippen LogP contribution in [0.5, 0.6) is 0 Å². The van der Waals surface area contributed by atoms with Gasteiger partial charge in [0.2, 0.25) is 0 Å². The first-order valence-electron chi connectivity index (χ1n) is 5.62. The quantitative estimate of drug-likeness (QED) is 0.377. The highest BCUT2D eigenvalue weighted by molar-refractivity contribution is 5.82. The Kier molecular flexibility index (Phi) is 3.30. The first-order valence-corrected chi connectivity index (χ1v) is 5.62. The molecule has 0 bridgehead atoms. The van der Waals surface area contributed by atoms with Crippen molar-refractivity contribution in [3.63, 3.8) is 0 Å². The molecule has 5 unspecified atom stereocenters. The zero-order valence-electron chi connectivity index (χ0n) is 11.2. The summed E-state index contributed by atoms with van der Waals surface area (Å²) in [5.74, 6) is -2.91. The predicted molar refractivity (Wildman–Crippen MR) is 61.4 cm³/mol. The largest absolute Gasteiger partial charge is 0.384 e. The third kappa shape index (κ3) is 1.66. The van der Waals surface area contributed by atoms with E-state index in [1.54, 1.807) is 0 Å². The molecule has 1 heterocycles. The molecule has 1 aliphatic heterocycles. The summed E-state index contributed by atoms with van der Waals surface area (Å²) < 4.78 is 5.08. The average Bonchev–Trinajstić information content (AvgIpc) is 2.22. The van der Waals surface area contributed by atoms with Crippen LogP contribution in [-0.2, 0) is 9.53 Å². The molecule has 1 aliphatic rings. The van der Waals surface area contributed by atoms with E-state index < -0.39 is 34.6 Å². The van der Waals surface area contributed by atoms with Crippen LogP contribution in [0.15, 0.2) is 0 Å². The normalized spacial score (nSPS) is 53.1. The topological polar surface area (TPSA) is 119 Å². The molecule has 0 aliphatic carbocycles. The fourth-order valence-corrected chi connectivity index (χ4v) is 2.10. The van der Waals surface area contributed by atoms with Crippen molar-refractivity contribution in [1.29, 1.82) is 0 Å². The Bertz CT molecular complexity index is 361. The van der Waals surface area contributed by atoms with E-state index in [4.69, 9.17) is 4.74 Å². The van der Waals surface area contributed by atoms with Gasteiger partial charge in [-0.15, -0.1) is 0 Å².